The first-order chi connectivity index (χ1) is 12.3. The number of benzene rings is 2. The van der Waals surface area contributed by atoms with E-state index in [0.29, 0.717) is 18.1 Å². The van der Waals surface area contributed by atoms with Crippen molar-refractivity contribution in [3.05, 3.63) is 65.8 Å². The second kappa shape index (κ2) is 7.05. The molecule has 4 nitrogen and oxygen atoms in total. The van der Waals surface area contributed by atoms with Gasteiger partial charge in [-0.3, -0.25) is 0 Å². The van der Waals surface area contributed by atoms with Crippen LogP contribution in [0.2, 0.25) is 0 Å². The molecule has 1 saturated heterocycles. The molecule has 0 bridgehead atoms. The van der Waals surface area contributed by atoms with Crippen molar-refractivity contribution in [1.29, 1.82) is 0 Å². The summed E-state index contributed by atoms with van der Waals surface area (Å²) in [4.78, 5) is 6.88. The van der Waals surface area contributed by atoms with Gasteiger partial charge in [0, 0.05) is 24.3 Å². The topological polar surface area (TPSA) is 42.2 Å². The maximum atomic E-state index is 13.0. The fraction of sp³-hybridized carbons (Fsp3) is 0.300. The molecular formula is C20H20FN3O. The molecule has 0 N–H and O–H groups in total. The Kier molecular flexibility index (Phi) is 4.46. The van der Waals surface area contributed by atoms with Crippen molar-refractivity contribution >= 4 is 5.69 Å². The Balaban J connectivity index is 1.46. The first kappa shape index (κ1) is 15.8. The van der Waals surface area contributed by atoms with E-state index < -0.39 is 0 Å². The molecule has 1 aliphatic rings. The van der Waals surface area contributed by atoms with E-state index >= 15 is 0 Å². The van der Waals surface area contributed by atoms with Gasteiger partial charge in [0.25, 0.3) is 0 Å². The highest BCUT2D eigenvalue weighted by molar-refractivity contribution is 5.60. The predicted molar refractivity (Wildman–Crippen MR) is 95.0 cm³/mol. The quantitative estimate of drug-likeness (QED) is 0.705. The fourth-order valence-corrected chi connectivity index (χ4v) is 3.19. The van der Waals surface area contributed by atoms with Gasteiger partial charge in [0.2, 0.25) is 11.7 Å². The van der Waals surface area contributed by atoms with E-state index in [-0.39, 0.29) is 5.82 Å². The number of aromatic nitrogens is 2. The van der Waals surface area contributed by atoms with Gasteiger partial charge in [-0.05, 0) is 61.2 Å². The minimum Gasteiger partial charge on any atom is -0.372 e. The lowest BCUT2D eigenvalue weighted by molar-refractivity contribution is 0.385. The SMILES string of the molecule is Fc1ccc(Cc2nc(-c3ccc(N4CCCCC4)cc3)no2)cc1. The smallest absolute Gasteiger partial charge is 0.231 e. The normalized spacial score (nSPS) is 14.7. The maximum Gasteiger partial charge on any atom is 0.231 e. The summed E-state index contributed by atoms with van der Waals surface area (Å²) in [5.74, 6) is 0.868. The Labute approximate surface area is 146 Å². The van der Waals surface area contributed by atoms with Gasteiger partial charge in [0.1, 0.15) is 5.82 Å². The van der Waals surface area contributed by atoms with Crippen molar-refractivity contribution in [1.82, 2.24) is 10.1 Å². The molecule has 25 heavy (non-hydrogen) atoms. The number of anilines is 1. The van der Waals surface area contributed by atoms with Crippen LogP contribution in [0.5, 0.6) is 0 Å². The summed E-state index contributed by atoms with van der Waals surface area (Å²) in [6.45, 7) is 2.26. The van der Waals surface area contributed by atoms with Crippen LogP contribution in [0, 0.1) is 5.82 Å². The van der Waals surface area contributed by atoms with Crippen molar-refractivity contribution in [2.24, 2.45) is 0 Å². The van der Waals surface area contributed by atoms with Crippen LogP contribution in [-0.2, 0) is 6.42 Å². The Hall–Kier alpha value is -2.69. The van der Waals surface area contributed by atoms with E-state index in [1.807, 2.05) is 12.1 Å². The monoisotopic (exact) mass is 337 g/mol. The van der Waals surface area contributed by atoms with Crippen LogP contribution in [0.1, 0.15) is 30.7 Å². The zero-order valence-corrected chi connectivity index (χ0v) is 14.0. The van der Waals surface area contributed by atoms with Crippen LogP contribution in [0.3, 0.4) is 0 Å². The molecule has 0 radical (unpaired) electrons. The number of hydrogen-bond acceptors (Lipinski definition) is 4. The molecule has 128 valence electrons. The molecule has 0 saturated carbocycles. The van der Waals surface area contributed by atoms with E-state index in [2.05, 4.69) is 27.2 Å². The molecule has 3 aromatic rings. The number of hydrogen-bond donors (Lipinski definition) is 0. The van der Waals surface area contributed by atoms with E-state index in [0.717, 1.165) is 24.2 Å². The number of rotatable bonds is 4. The first-order valence-electron chi connectivity index (χ1n) is 8.70. The average molecular weight is 337 g/mol. The minimum absolute atomic E-state index is 0.247. The van der Waals surface area contributed by atoms with E-state index in [4.69, 9.17) is 4.52 Å². The molecule has 2 aromatic carbocycles. The maximum absolute atomic E-state index is 13.0. The Bertz CT molecular complexity index is 821. The molecule has 0 unspecified atom stereocenters. The van der Waals surface area contributed by atoms with Crippen molar-refractivity contribution < 1.29 is 8.91 Å². The van der Waals surface area contributed by atoms with Crippen molar-refractivity contribution in [2.75, 3.05) is 18.0 Å². The first-order valence-corrected chi connectivity index (χ1v) is 8.70. The standard InChI is InChI=1S/C20H20FN3O/c21-17-8-4-15(5-9-17)14-19-22-20(23-25-19)16-6-10-18(11-7-16)24-12-2-1-3-13-24/h4-11H,1-3,12-14H2. The van der Waals surface area contributed by atoms with Gasteiger partial charge in [-0.1, -0.05) is 17.3 Å². The van der Waals surface area contributed by atoms with Gasteiger partial charge in [0.15, 0.2) is 0 Å². The van der Waals surface area contributed by atoms with Crippen LogP contribution in [0.15, 0.2) is 53.1 Å². The summed E-state index contributed by atoms with van der Waals surface area (Å²) < 4.78 is 18.3. The van der Waals surface area contributed by atoms with E-state index in [9.17, 15) is 4.39 Å². The lowest BCUT2D eigenvalue weighted by Gasteiger charge is -2.28. The zero-order valence-electron chi connectivity index (χ0n) is 14.0. The largest absolute Gasteiger partial charge is 0.372 e. The summed E-state index contributed by atoms with van der Waals surface area (Å²) in [7, 11) is 0. The average Bonchev–Trinajstić information content (AvgIpc) is 3.13. The van der Waals surface area contributed by atoms with E-state index in [1.54, 1.807) is 12.1 Å². The van der Waals surface area contributed by atoms with Gasteiger partial charge in [0.05, 0.1) is 6.42 Å². The minimum atomic E-state index is -0.247. The van der Waals surface area contributed by atoms with Gasteiger partial charge in [-0.15, -0.1) is 0 Å². The Morgan fingerprint density at radius 2 is 1.64 bits per heavy atom. The van der Waals surface area contributed by atoms with Crippen LogP contribution >= 0.6 is 0 Å². The lowest BCUT2D eigenvalue weighted by Crippen LogP contribution is -2.29. The molecule has 0 atom stereocenters. The van der Waals surface area contributed by atoms with Crippen molar-refractivity contribution in [3.8, 4) is 11.4 Å². The molecular weight excluding hydrogens is 317 g/mol. The van der Waals surface area contributed by atoms with Gasteiger partial charge >= 0.3 is 0 Å². The predicted octanol–water partition coefficient (Wildman–Crippen LogP) is 4.46. The molecule has 4 rings (SSSR count). The van der Waals surface area contributed by atoms with Crippen LogP contribution < -0.4 is 4.90 Å². The Morgan fingerprint density at radius 3 is 2.36 bits per heavy atom. The fourth-order valence-electron chi connectivity index (χ4n) is 3.19. The third-order valence-corrected chi connectivity index (χ3v) is 4.58. The van der Waals surface area contributed by atoms with E-state index in [1.165, 1.54) is 37.1 Å². The molecule has 0 aliphatic carbocycles. The second-order valence-corrected chi connectivity index (χ2v) is 6.41. The zero-order chi connectivity index (χ0) is 17.1. The summed E-state index contributed by atoms with van der Waals surface area (Å²) >= 11 is 0. The van der Waals surface area contributed by atoms with Crippen LogP contribution in [0.4, 0.5) is 10.1 Å². The molecule has 0 amide bonds. The highest BCUT2D eigenvalue weighted by Crippen LogP contribution is 2.24. The van der Waals surface area contributed by atoms with Crippen LogP contribution in [-0.4, -0.2) is 23.2 Å². The summed E-state index contributed by atoms with van der Waals surface area (Å²) in [5.41, 5.74) is 3.13. The number of piperidine rings is 1. The third kappa shape index (κ3) is 3.71. The van der Waals surface area contributed by atoms with Gasteiger partial charge in [-0.2, -0.15) is 4.98 Å². The van der Waals surface area contributed by atoms with Crippen LogP contribution in [0.25, 0.3) is 11.4 Å². The number of halogens is 1. The lowest BCUT2D eigenvalue weighted by atomic mass is 10.1. The molecule has 5 heteroatoms. The highest BCUT2D eigenvalue weighted by Gasteiger charge is 2.13. The van der Waals surface area contributed by atoms with Gasteiger partial charge < -0.3 is 9.42 Å². The second-order valence-electron chi connectivity index (χ2n) is 6.41. The molecule has 1 aliphatic heterocycles. The molecule has 1 fully saturated rings. The van der Waals surface area contributed by atoms with Gasteiger partial charge in [-0.25, -0.2) is 4.39 Å². The number of nitrogens with zero attached hydrogens (tertiary/aromatic N) is 3. The summed E-state index contributed by atoms with van der Waals surface area (Å²) in [6, 6.07) is 14.7. The Morgan fingerprint density at radius 1 is 0.920 bits per heavy atom. The summed E-state index contributed by atoms with van der Waals surface area (Å²) in [6.07, 6.45) is 4.35. The highest BCUT2D eigenvalue weighted by atomic mass is 19.1. The van der Waals surface area contributed by atoms with Crippen molar-refractivity contribution in [2.45, 2.75) is 25.7 Å². The molecule has 0 spiro atoms. The third-order valence-electron chi connectivity index (χ3n) is 4.58. The molecule has 1 aromatic heterocycles. The summed E-state index contributed by atoms with van der Waals surface area (Å²) in [5, 5.41) is 4.07. The van der Waals surface area contributed by atoms with Crippen molar-refractivity contribution in [3.63, 3.8) is 0 Å². The molecule has 2 heterocycles.